The van der Waals surface area contributed by atoms with Crippen molar-refractivity contribution >= 4 is 27.7 Å². The molecule has 17 heavy (non-hydrogen) atoms. The summed E-state index contributed by atoms with van der Waals surface area (Å²) in [4.78, 5) is 2.66. The Balaban J connectivity index is 1.83. The van der Waals surface area contributed by atoms with Crippen LogP contribution in [-0.2, 0) is 0 Å². The third-order valence-corrected chi connectivity index (χ3v) is 5.13. The Kier molecular flexibility index (Phi) is 9.96. The van der Waals surface area contributed by atoms with Gasteiger partial charge in [-0.3, -0.25) is 0 Å². The fourth-order valence-electron chi connectivity index (χ4n) is 2.41. The summed E-state index contributed by atoms with van der Waals surface area (Å²) in [6.45, 7) is 6.34. The van der Waals surface area contributed by atoms with E-state index in [1.165, 1.54) is 75.7 Å². The second kappa shape index (κ2) is 10.7. The topological polar surface area (TPSA) is 3.24 Å². The van der Waals surface area contributed by atoms with Gasteiger partial charge in [-0.25, -0.2) is 0 Å². The minimum atomic E-state index is 0.855. The molecule has 0 bridgehead atoms. The van der Waals surface area contributed by atoms with Gasteiger partial charge in [0.1, 0.15) is 0 Å². The molecule has 0 spiro atoms. The molecular formula is C14H28BrNS. The molecular weight excluding hydrogens is 294 g/mol. The van der Waals surface area contributed by atoms with Crippen molar-refractivity contribution in [3.05, 3.63) is 0 Å². The molecule has 1 saturated heterocycles. The van der Waals surface area contributed by atoms with Crippen LogP contribution < -0.4 is 0 Å². The van der Waals surface area contributed by atoms with Gasteiger partial charge in [0.2, 0.25) is 0 Å². The van der Waals surface area contributed by atoms with Crippen molar-refractivity contribution in [3.63, 3.8) is 0 Å². The lowest BCUT2D eigenvalue weighted by molar-refractivity contribution is 0.279. The summed E-state index contributed by atoms with van der Waals surface area (Å²) in [5.74, 6) is 1.34. The maximum absolute atomic E-state index is 3.49. The van der Waals surface area contributed by atoms with Crippen molar-refractivity contribution < 1.29 is 0 Å². The van der Waals surface area contributed by atoms with Crippen LogP contribution >= 0.6 is 27.7 Å². The van der Waals surface area contributed by atoms with Gasteiger partial charge in [-0.1, -0.05) is 55.0 Å². The molecule has 0 aromatic rings. The molecule has 1 fully saturated rings. The summed E-state index contributed by atoms with van der Waals surface area (Å²) < 4.78 is 0. The van der Waals surface area contributed by atoms with Crippen LogP contribution in [0.3, 0.4) is 0 Å². The van der Waals surface area contributed by atoms with E-state index >= 15 is 0 Å². The molecule has 3 heteroatoms. The van der Waals surface area contributed by atoms with Gasteiger partial charge in [-0.2, -0.15) is 11.8 Å². The van der Waals surface area contributed by atoms with Gasteiger partial charge < -0.3 is 4.90 Å². The van der Waals surface area contributed by atoms with Crippen LogP contribution in [0.5, 0.6) is 0 Å². The molecule has 1 aliphatic heterocycles. The zero-order chi connectivity index (χ0) is 12.3. The van der Waals surface area contributed by atoms with Crippen molar-refractivity contribution in [2.24, 2.45) is 0 Å². The van der Waals surface area contributed by atoms with Gasteiger partial charge in [0.05, 0.1) is 0 Å². The fraction of sp³-hybridized carbons (Fsp3) is 1.00. The molecule has 1 aliphatic rings. The number of hydrogen-bond acceptors (Lipinski definition) is 2. The Bertz CT molecular complexity index is 178. The summed E-state index contributed by atoms with van der Waals surface area (Å²) in [5, 5.41) is 2.03. The van der Waals surface area contributed by atoms with Crippen LogP contribution in [0.25, 0.3) is 0 Å². The van der Waals surface area contributed by atoms with Gasteiger partial charge in [0.15, 0.2) is 0 Å². The highest BCUT2D eigenvalue weighted by atomic mass is 79.9. The van der Waals surface area contributed by atoms with Gasteiger partial charge in [-0.15, -0.1) is 0 Å². The summed E-state index contributed by atoms with van der Waals surface area (Å²) in [7, 11) is 0. The third kappa shape index (κ3) is 8.50. The van der Waals surface area contributed by atoms with Crippen molar-refractivity contribution in [2.75, 3.05) is 30.7 Å². The number of hydrogen-bond donors (Lipinski definition) is 0. The highest BCUT2D eigenvalue weighted by Crippen LogP contribution is 2.18. The average molecular weight is 322 g/mol. The Morgan fingerprint density at radius 2 is 1.71 bits per heavy atom. The average Bonchev–Trinajstić information content (AvgIpc) is 2.33. The van der Waals surface area contributed by atoms with Crippen molar-refractivity contribution in [3.8, 4) is 0 Å². The van der Waals surface area contributed by atoms with E-state index in [2.05, 4.69) is 39.5 Å². The second-order valence-corrected chi connectivity index (χ2v) is 7.49. The molecule has 0 aromatic carbocycles. The number of alkyl halides is 1. The smallest absolute Gasteiger partial charge is 0.0147 e. The van der Waals surface area contributed by atoms with E-state index in [4.69, 9.17) is 0 Å². The molecule has 1 nitrogen and oxygen atoms in total. The monoisotopic (exact) mass is 321 g/mol. The lowest BCUT2D eigenvalue weighted by Crippen LogP contribution is -2.37. The summed E-state index contributed by atoms with van der Waals surface area (Å²) >= 11 is 5.62. The Morgan fingerprint density at radius 3 is 2.35 bits per heavy atom. The number of thioether (sulfide) groups is 1. The lowest BCUT2D eigenvalue weighted by atomic mass is 10.1. The third-order valence-electron chi connectivity index (χ3n) is 3.43. The minimum Gasteiger partial charge on any atom is -0.301 e. The number of rotatable bonds is 9. The zero-order valence-corrected chi connectivity index (χ0v) is 13.7. The van der Waals surface area contributed by atoms with Crippen molar-refractivity contribution in [1.29, 1.82) is 0 Å². The lowest BCUT2D eigenvalue weighted by Gasteiger charge is -2.30. The van der Waals surface area contributed by atoms with E-state index in [9.17, 15) is 0 Å². The maximum atomic E-state index is 3.49. The van der Waals surface area contributed by atoms with Crippen molar-refractivity contribution in [2.45, 2.75) is 57.1 Å². The largest absolute Gasteiger partial charge is 0.301 e. The number of unbranched alkanes of at least 4 members (excludes halogenated alkanes) is 6. The van der Waals surface area contributed by atoms with E-state index in [-0.39, 0.29) is 0 Å². The van der Waals surface area contributed by atoms with Crippen LogP contribution in [-0.4, -0.2) is 40.9 Å². The molecule has 0 aliphatic carbocycles. The summed E-state index contributed by atoms with van der Waals surface area (Å²) in [6, 6.07) is 0. The van der Waals surface area contributed by atoms with Crippen LogP contribution in [0.2, 0.25) is 0 Å². The molecule has 0 amide bonds. The number of nitrogens with zero attached hydrogens (tertiary/aromatic N) is 1. The van der Waals surface area contributed by atoms with Gasteiger partial charge in [0.25, 0.3) is 0 Å². The highest BCUT2D eigenvalue weighted by Gasteiger charge is 2.15. The quantitative estimate of drug-likeness (QED) is 0.452. The molecule has 0 saturated carbocycles. The second-order valence-electron chi connectivity index (χ2n) is 5.15. The fourth-order valence-corrected chi connectivity index (χ4v) is 3.89. The van der Waals surface area contributed by atoms with E-state index in [1.807, 2.05) is 0 Å². The van der Waals surface area contributed by atoms with E-state index < -0.39 is 0 Å². The minimum absolute atomic E-state index is 0.855. The van der Waals surface area contributed by atoms with Crippen molar-refractivity contribution in [1.82, 2.24) is 4.90 Å². The predicted octanol–water partition coefficient (Wildman–Crippen LogP) is 4.55. The molecule has 0 radical (unpaired) electrons. The summed E-state index contributed by atoms with van der Waals surface area (Å²) in [6.07, 6.45) is 9.93. The van der Waals surface area contributed by atoms with Crippen LogP contribution in [0, 0.1) is 0 Å². The zero-order valence-electron chi connectivity index (χ0n) is 11.3. The van der Waals surface area contributed by atoms with Crippen LogP contribution in [0.4, 0.5) is 0 Å². The highest BCUT2D eigenvalue weighted by molar-refractivity contribution is 9.09. The molecule has 1 rings (SSSR count). The molecule has 0 N–H and O–H groups in total. The predicted molar refractivity (Wildman–Crippen MR) is 84.5 cm³/mol. The molecule has 1 atom stereocenters. The molecule has 0 aromatic heterocycles. The van der Waals surface area contributed by atoms with E-state index in [0.717, 1.165) is 5.25 Å². The van der Waals surface area contributed by atoms with E-state index in [1.54, 1.807) is 0 Å². The van der Waals surface area contributed by atoms with E-state index in [0.29, 0.717) is 0 Å². The SMILES string of the molecule is CC1CN(CCCCCCCCCBr)CCS1. The van der Waals surface area contributed by atoms with Gasteiger partial charge in [-0.05, 0) is 19.4 Å². The Labute approximate surface area is 120 Å². The molecule has 1 heterocycles. The first-order valence-corrected chi connectivity index (χ1v) is 9.40. The van der Waals surface area contributed by atoms with Gasteiger partial charge in [0, 0.05) is 29.4 Å². The first kappa shape index (κ1) is 15.8. The number of halogens is 1. The maximum Gasteiger partial charge on any atom is 0.0147 e. The van der Waals surface area contributed by atoms with Crippen LogP contribution in [0.1, 0.15) is 51.9 Å². The molecule has 102 valence electrons. The first-order valence-electron chi connectivity index (χ1n) is 7.23. The molecule has 1 unspecified atom stereocenters. The summed E-state index contributed by atoms with van der Waals surface area (Å²) in [5.41, 5.74) is 0. The Hall–Kier alpha value is 0.790. The van der Waals surface area contributed by atoms with Crippen LogP contribution in [0.15, 0.2) is 0 Å². The first-order chi connectivity index (χ1) is 8.33. The standard InChI is InChI=1S/C14H28BrNS/c1-14-13-16(11-12-17-14)10-8-6-4-2-3-5-7-9-15/h14H,2-13H2,1H3. The van der Waals surface area contributed by atoms with Gasteiger partial charge >= 0.3 is 0 Å². The normalized spacial score (nSPS) is 21.9. The Morgan fingerprint density at radius 1 is 1.06 bits per heavy atom.